The second-order valence-corrected chi connectivity index (χ2v) is 10.7. The zero-order valence-corrected chi connectivity index (χ0v) is 21.8. The van der Waals surface area contributed by atoms with Gasteiger partial charge in [-0.25, -0.2) is 13.8 Å². The van der Waals surface area contributed by atoms with Crippen LogP contribution in [-0.4, -0.2) is 65.1 Å². The minimum Gasteiger partial charge on any atom is -0.484 e. The Labute approximate surface area is 219 Å². The van der Waals surface area contributed by atoms with Crippen LogP contribution in [-0.2, 0) is 24.3 Å². The van der Waals surface area contributed by atoms with Crippen LogP contribution in [0.15, 0.2) is 47.6 Å². The van der Waals surface area contributed by atoms with E-state index in [1.807, 2.05) is 0 Å². The standard InChI is InChI=1S/C23H26Cl2N4O6S/c1-36(32,33)29(17-6-9-20(24)21(25)11-17)14-22(30)28-27-12-16-4-7-18(8-5-16)35-15-23(31)26-13-19-3-2-10-34-19/h4-9,11-12,19H,2-3,10,13-15H2,1H3,(H,26,31)(H,28,30)/b27-12-/t19-/m1/s1. The summed E-state index contributed by atoms with van der Waals surface area (Å²) in [7, 11) is -3.77. The highest BCUT2D eigenvalue weighted by Gasteiger charge is 2.21. The number of hydrazone groups is 1. The molecule has 2 N–H and O–H groups in total. The molecule has 2 aromatic carbocycles. The third-order valence-corrected chi connectivity index (χ3v) is 6.96. The van der Waals surface area contributed by atoms with Gasteiger partial charge in [-0.3, -0.25) is 13.9 Å². The molecular formula is C23H26Cl2N4O6S. The van der Waals surface area contributed by atoms with Crippen LogP contribution in [0.1, 0.15) is 18.4 Å². The molecule has 10 nitrogen and oxygen atoms in total. The first-order valence-electron chi connectivity index (χ1n) is 11.0. The molecule has 3 rings (SSSR count). The van der Waals surface area contributed by atoms with Crippen LogP contribution in [0.25, 0.3) is 0 Å². The number of nitrogens with zero attached hydrogens (tertiary/aromatic N) is 2. The maximum Gasteiger partial charge on any atom is 0.260 e. The molecule has 13 heteroatoms. The molecule has 1 aliphatic heterocycles. The van der Waals surface area contributed by atoms with Crippen molar-refractivity contribution in [1.82, 2.24) is 10.7 Å². The summed E-state index contributed by atoms with van der Waals surface area (Å²) in [6.07, 6.45) is 4.38. The smallest absolute Gasteiger partial charge is 0.260 e. The van der Waals surface area contributed by atoms with Crippen molar-refractivity contribution in [3.63, 3.8) is 0 Å². The number of benzene rings is 2. The van der Waals surface area contributed by atoms with E-state index in [4.69, 9.17) is 32.7 Å². The average molecular weight is 557 g/mol. The van der Waals surface area contributed by atoms with Gasteiger partial charge in [-0.15, -0.1) is 0 Å². The largest absolute Gasteiger partial charge is 0.484 e. The lowest BCUT2D eigenvalue weighted by molar-refractivity contribution is -0.123. The Morgan fingerprint density at radius 1 is 1.17 bits per heavy atom. The van der Waals surface area contributed by atoms with Gasteiger partial charge in [0, 0.05) is 13.2 Å². The summed E-state index contributed by atoms with van der Waals surface area (Å²) in [5, 5.41) is 7.06. The summed E-state index contributed by atoms with van der Waals surface area (Å²) < 4.78 is 36.2. The van der Waals surface area contributed by atoms with E-state index >= 15 is 0 Å². The van der Waals surface area contributed by atoms with Crippen LogP contribution < -0.4 is 19.8 Å². The summed E-state index contributed by atoms with van der Waals surface area (Å²) in [4.78, 5) is 24.2. The molecule has 1 heterocycles. The second kappa shape index (κ2) is 12.9. The van der Waals surface area contributed by atoms with E-state index < -0.39 is 22.5 Å². The molecule has 0 spiro atoms. The third kappa shape index (κ3) is 8.66. The molecule has 0 saturated carbocycles. The van der Waals surface area contributed by atoms with Crippen molar-refractivity contribution in [2.45, 2.75) is 18.9 Å². The Morgan fingerprint density at radius 2 is 1.92 bits per heavy atom. The van der Waals surface area contributed by atoms with E-state index in [-0.39, 0.29) is 34.4 Å². The summed E-state index contributed by atoms with van der Waals surface area (Å²) >= 11 is 11.8. The fourth-order valence-corrected chi connectivity index (χ4v) is 4.41. The number of halogens is 2. The fraction of sp³-hybridized carbons (Fsp3) is 0.348. The van der Waals surface area contributed by atoms with Gasteiger partial charge in [-0.05, 0) is 60.9 Å². The van der Waals surface area contributed by atoms with Crippen molar-refractivity contribution in [2.24, 2.45) is 5.10 Å². The fourth-order valence-electron chi connectivity index (χ4n) is 3.27. The number of anilines is 1. The van der Waals surface area contributed by atoms with Gasteiger partial charge in [0.1, 0.15) is 12.3 Å². The van der Waals surface area contributed by atoms with Gasteiger partial charge in [0.25, 0.3) is 11.8 Å². The van der Waals surface area contributed by atoms with E-state index in [1.54, 1.807) is 24.3 Å². The molecule has 0 aromatic heterocycles. The maximum absolute atomic E-state index is 12.3. The first-order valence-corrected chi connectivity index (χ1v) is 13.6. The van der Waals surface area contributed by atoms with Gasteiger partial charge in [0.2, 0.25) is 10.0 Å². The van der Waals surface area contributed by atoms with E-state index in [2.05, 4.69) is 15.8 Å². The van der Waals surface area contributed by atoms with Gasteiger partial charge >= 0.3 is 0 Å². The zero-order valence-electron chi connectivity index (χ0n) is 19.4. The van der Waals surface area contributed by atoms with Crippen LogP contribution in [0, 0.1) is 0 Å². The molecule has 1 fully saturated rings. The van der Waals surface area contributed by atoms with Crippen LogP contribution in [0.3, 0.4) is 0 Å². The summed E-state index contributed by atoms with van der Waals surface area (Å²) in [5.41, 5.74) is 3.14. The zero-order chi connectivity index (χ0) is 26.1. The van der Waals surface area contributed by atoms with Crippen molar-refractivity contribution < 1.29 is 27.5 Å². The van der Waals surface area contributed by atoms with Gasteiger partial charge in [-0.1, -0.05) is 23.2 Å². The normalized spacial score (nSPS) is 15.6. The molecule has 194 valence electrons. The Kier molecular flexibility index (Phi) is 9.94. The van der Waals surface area contributed by atoms with Gasteiger partial charge in [-0.2, -0.15) is 5.10 Å². The number of amides is 2. The Morgan fingerprint density at radius 3 is 2.56 bits per heavy atom. The van der Waals surface area contributed by atoms with Gasteiger partial charge in [0.05, 0.1) is 34.3 Å². The first kappa shape index (κ1) is 27.7. The first-order chi connectivity index (χ1) is 17.1. The van der Waals surface area contributed by atoms with Crippen molar-refractivity contribution in [3.05, 3.63) is 58.1 Å². The molecule has 0 bridgehead atoms. The van der Waals surface area contributed by atoms with Crippen LogP contribution in [0.2, 0.25) is 10.0 Å². The van der Waals surface area contributed by atoms with E-state index in [1.165, 1.54) is 24.4 Å². The minimum atomic E-state index is -3.77. The van der Waals surface area contributed by atoms with Crippen molar-refractivity contribution in [3.8, 4) is 5.75 Å². The SMILES string of the molecule is CS(=O)(=O)N(CC(=O)N/N=C\c1ccc(OCC(=O)NC[C@H]2CCCO2)cc1)c1ccc(Cl)c(Cl)c1. The lowest BCUT2D eigenvalue weighted by Crippen LogP contribution is -2.39. The number of carbonyl (C=O) groups excluding carboxylic acids is 2. The average Bonchev–Trinajstić information content (AvgIpc) is 3.36. The van der Waals surface area contributed by atoms with Crippen LogP contribution in [0.4, 0.5) is 5.69 Å². The number of carbonyl (C=O) groups is 2. The number of sulfonamides is 1. The number of rotatable bonds is 11. The highest BCUT2D eigenvalue weighted by atomic mass is 35.5. The minimum absolute atomic E-state index is 0.0680. The monoisotopic (exact) mass is 556 g/mol. The molecule has 2 aromatic rings. The predicted octanol–water partition coefficient (Wildman–Crippen LogP) is 2.58. The summed E-state index contributed by atoms with van der Waals surface area (Å²) in [6, 6.07) is 10.9. The molecule has 36 heavy (non-hydrogen) atoms. The maximum atomic E-state index is 12.3. The summed E-state index contributed by atoms with van der Waals surface area (Å²) in [6.45, 7) is 0.578. The number of ether oxygens (including phenoxy) is 2. The molecule has 1 atom stereocenters. The van der Waals surface area contributed by atoms with Crippen molar-refractivity contribution in [2.75, 3.05) is 36.9 Å². The lowest BCUT2D eigenvalue weighted by Gasteiger charge is -2.21. The van der Waals surface area contributed by atoms with Crippen molar-refractivity contribution >= 4 is 56.9 Å². The summed E-state index contributed by atoms with van der Waals surface area (Å²) in [5.74, 6) is -0.395. The highest BCUT2D eigenvalue weighted by molar-refractivity contribution is 7.92. The number of hydrogen-bond donors (Lipinski definition) is 2. The molecular weight excluding hydrogens is 531 g/mol. The van der Waals surface area contributed by atoms with Crippen LogP contribution >= 0.6 is 23.2 Å². The molecule has 0 aliphatic carbocycles. The predicted molar refractivity (Wildman–Crippen MR) is 138 cm³/mol. The van der Waals surface area contributed by atoms with Crippen LogP contribution in [0.5, 0.6) is 5.75 Å². The molecule has 0 unspecified atom stereocenters. The van der Waals surface area contributed by atoms with Gasteiger partial charge < -0.3 is 14.8 Å². The lowest BCUT2D eigenvalue weighted by atomic mass is 10.2. The Balaban J connectivity index is 1.47. The number of hydrogen-bond acceptors (Lipinski definition) is 7. The Hall–Kier alpha value is -2.86. The van der Waals surface area contributed by atoms with E-state index in [0.29, 0.717) is 17.9 Å². The van der Waals surface area contributed by atoms with Crippen molar-refractivity contribution in [1.29, 1.82) is 0 Å². The van der Waals surface area contributed by atoms with Gasteiger partial charge in [0.15, 0.2) is 6.61 Å². The topological polar surface area (TPSA) is 126 Å². The second-order valence-electron chi connectivity index (χ2n) is 7.96. The highest BCUT2D eigenvalue weighted by Crippen LogP contribution is 2.28. The molecule has 2 amide bonds. The molecule has 1 saturated heterocycles. The molecule has 1 aliphatic rings. The third-order valence-electron chi connectivity index (χ3n) is 5.08. The number of nitrogens with one attached hydrogen (secondary N) is 2. The van der Waals surface area contributed by atoms with E-state index in [9.17, 15) is 18.0 Å². The quantitative estimate of drug-likeness (QED) is 0.323. The van der Waals surface area contributed by atoms with E-state index in [0.717, 1.165) is 30.0 Å². The Bertz CT molecular complexity index is 1200. The molecule has 0 radical (unpaired) electrons.